The third kappa shape index (κ3) is 4.44. The van der Waals surface area contributed by atoms with E-state index < -0.39 is 23.7 Å². The molecule has 1 atom stereocenters. The van der Waals surface area contributed by atoms with Gasteiger partial charge in [0, 0.05) is 28.6 Å². The molecule has 0 unspecified atom stereocenters. The van der Waals surface area contributed by atoms with E-state index in [1.165, 1.54) is 4.90 Å². The fourth-order valence-electron chi connectivity index (χ4n) is 3.27. The van der Waals surface area contributed by atoms with E-state index in [0.717, 1.165) is 0 Å². The Hall–Kier alpha value is -2.83. The van der Waals surface area contributed by atoms with Crippen molar-refractivity contribution in [2.24, 2.45) is 0 Å². The molecular weight excluding hydrogens is 417 g/mol. The number of nitrogens with zero attached hydrogens (tertiary/aromatic N) is 1. The number of carboxylic acids is 1. The summed E-state index contributed by atoms with van der Waals surface area (Å²) in [7, 11) is 0. The fourth-order valence-corrected chi connectivity index (χ4v) is 3.52. The van der Waals surface area contributed by atoms with E-state index in [2.05, 4.69) is 0 Å². The maximum atomic E-state index is 12.8. The number of likely N-dealkylation sites (tertiary alicyclic amines) is 1. The number of halogens is 2. The molecule has 2 N–H and O–H groups in total. The topological polar surface area (TPSA) is 94.9 Å². The Morgan fingerprint density at radius 3 is 2.03 bits per heavy atom. The first-order chi connectivity index (χ1) is 13.8. The zero-order chi connectivity index (χ0) is 21.1. The molecule has 1 fully saturated rings. The number of aliphatic carboxylic acids is 1. The number of rotatable bonds is 6. The zero-order valence-corrected chi connectivity index (χ0v) is 16.7. The Labute approximate surface area is 177 Å². The Kier molecular flexibility index (Phi) is 6.25. The molecule has 2 aromatic carbocycles. The lowest BCUT2D eigenvalue weighted by Gasteiger charge is -2.25. The van der Waals surface area contributed by atoms with Crippen LogP contribution in [0.3, 0.4) is 0 Å². The van der Waals surface area contributed by atoms with Gasteiger partial charge in [-0.15, -0.1) is 0 Å². The summed E-state index contributed by atoms with van der Waals surface area (Å²) in [5.74, 6) is -2.93. The number of hydrogen-bond acceptors (Lipinski definition) is 4. The Morgan fingerprint density at radius 1 is 0.931 bits per heavy atom. The summed E-state index contributed by atoms with van der Waals surface area (Å²) < 4.78 is 0. The molecule has 1 heterocycles. The Bertz CT molecular complexity index is 983. The van der Waals surface area contributed by atoms with E-state index in [0.29, 0.717) is 21.2 Å². The van der Waals surface area contributed by atoms with Crippen molar-refractivity contribution in [1.82, 2.24) is 4.90 Å². The molecule has 150 valence electrons. The minimum Gasteiger partial charge on any atom is -0.507 e. The van der Waals surface area contributed by atoms with Crippen LogP contribution in [0, 0.1) is 0 Å². The van der Waals surface area contributed by atoms with Crippen molar-refractivity contribution < 1.29 is 24.6 Å². The van der Waals surface area contributed by atoms with Gasteiger partial charge in [-0.1, -0.05) is 35.3 Å². The summed E-state index contributed by atoms with van der Waals surface area (Å²) in [6, 6.07) is 12.0. The standard InChI is InChI=1S/C21H17Cl2NO5/c22-14-7-3-12(4-8-14)18-17(19(27)13-5-9-15(23)10-6-13)20(28)21(29)24(18)11-1-2-16(25)26/h3-10,18,27H,1-2,11H2,(H,25,26)/b19-17+/t18-/m1/s1. The highest BCUT2D eigenvalue weighted by Crippen LogP contribution is 2.39. The van der Waals surface area contributed by atoms with Gasteiger partial charge in [0.25, 0.3) is 11.7 Å². The lowest BCUT2D eigenvalue weighted by molar-refractivity contribution is -0.140. The number of aliphatic hydroxyl groups is 1. The van der Waals surface area contributed by atoms with Gasteiger partial charge in [-0.25, -0.2) is 0 Å². The number of carbonyl (C=O) groups is 3. The maximum absolute atomic E-state index is 12.8. The molecule has 29 heavy (non-hydrogen) atoms. The molecule has 6 nitrogen and oxygen atoms in total. The van der Waals surface area contributed by atoms with Crippen LogP contribution in [-0.4, -0.2) is 39.3 Å². The number of benzene rings is 2. The smallest absolute Gasteiger partial charge is 0.303 e. The monoisotopic (exact) mass is 433 g/mol. The van der Waals surface area contributed by atoms with Gasteiger partial charge in [-0.05, 0) is 48.4 Å². The first kappa shape index (κ1) is 20.9. The van der Waals surface area contributed by atoms with E-state index in [1.807, 2.05) is 0 Å². The number of carboxylic acid groups (broad SMARTS) is 1. The summed E-state index contributed by atoms with van der Waals surface area (Å²) >= 11 is 11.8. The molecule has 0 saturated carbocycles. The molecule has 0 aliphatic carbocycles. The molecule has 1 aliphatic rings. The molecule has 2 aromatic rings. The highest BCUT2D eigenvalue weighted by atomic mass is 35.5. The van der Waals surface area contributed by atoms with Crippen LogP contribution in [0.5, 0.6) is 0 Å². The minimum absolute atomic E-state index is 0.0571. The average Bonchev–Trinajstić information content (AvgIpc) is 2.93. The average molecular weight is 434 g/mol. The highest BCUT2D eigenvalue weighted by molar-refractivity contribution is 6.46. The van der Waals surface area contributed by atoms with Crippen LogP contribution >= 0.6 is 23.2 Å². The maximum Gasteiger partial charge on any atom is 0.303 e. The van der Waals surface area contributed by atoms with Crippen molar-refractivity contribution in [1.29, 1.82) is 0 Å². The largest absolute Gasteiger partial charge is 0.507 e. The predicted molar refractivity (Wildman–Crippen MR) is 109 cm³/mol. The van der Waals surface area contributed by atoms with Gasteiger partial charge in [0.2, 0.25) is 0 Å². The molecule has 3 rings (SSSR count). The van der Waals surface area contributed by atoms with Gasteiger partial charge in [-0.2, -0.15) is 0 Å². The SMILES string of the molecule is O=C(O)CCCN1C(=O)C(=O)/C(=C(/O)c2ccc(Cl)cc2)[C@H]1c1ccc(Cl)cc1. The van der Waals surface area contributed by atoms with Crippen LogP contribution < -0.4 is 0 Å². The zero-order valence-electron chi connectivity index (χ0n) is 15.1. The van der Waals surface area contributed by atoms with Crippen LogP contribution in [-0.2, 0) is 14.4 Å². The summed E-state index contributed by atoms with van der Waals surface area (Å²) in [4.78, 5) is 37.6. The van der Waals surface area contributed by atoms with E-state index >= 15 is 0 Å². The van der Waals surface area contributed by atoms with E-state index in [-0.39, 0.29) is 30.7 Å². The predicted octanol–water partition coefficient (Wildman–Crippen LogP) is 4.28. The van der Waals surface area contributed by atoms with Crippen molar-refractivity contribution in [3.05, 3.63) is 75.3 Å². The molecule has 1 amide bonds. The van der Waals surface area contributed by atoms with Crippen LogP contribution in [0.1, 0.15) is 30.0 Å². The molecular formula is C21H17Cl2NO5. The number of Topliss-reactive ketones (excluding diaryl/α,β-unsaturated/α-hetero) is 1. The molecule has 0 aromatic heterocycles. The van der Waals surface area contributed by atoms with Crippen LogP contribution in [0.25, 0.3) is 5.76 Å². The minimum atomic E-state index is -0.995. The first-order valence-corrected chi connectivity index (χ1v) is 9.57. The fraction of sp³-hybridized carbons (Fsp3) is 0.190. The number of hydrogen-bond donors (Lipinski definition) is 2. The Morgan fingerprint density at radius 2 is 1.48 bits per heavy atom. The third-order valence-corrected chi connectivity index (χ3v) is 5.14. The quantitative estimate of drug-likeness (QED) is 0.402. The van der Waals surface area contributed by atoms with Gasteiger partial charge in [-0.3, -0.25) is 14.4 Å². The van der Waals surface area contributed by atoms with Crippen molar-refractivity contribution in [2.45, 2.75) is 18.9 Å². The van der Waals surface area contributed by atoms with E-state index in [1.54, 1.807) is 48.5 Å². The molecule has 0 radical (unpaired) electrons. The van der Waals surface area contributed by atoms with E-state index in [4.69, 9.17) is 28.3 Å². The second-order valence-electron chi connectivity index (χ2n) is 6.55. The van der Waals surface area contributed by atoms with Crippen molar-refractivity contribution in [2.75, 3.05) is 6.54 Å². The highest BCUT2D eigenvalue weighted by Gasteiger charge is 2.45. The summed E-state index contributed by atoms with van der Waals surface area (Å²) in [5.41, 5.74) is 0.867. The molecule has 1 saturated heterocycles. The van der Waals surface area contributed by atoms with Gasteiger partial charge in [0.1, 0.15) is 5.76 Å². The van der Waals surface area contributed by atoms with Crippen LogP contribution in [0.4, 0.5) is 0 Å². The number of carbonyl (C=O) groups excluding carboxylic acids is 2. The van der Waals surface area contributed by atoms with Crippen molar-refractivity contribution in [3.63, 3.8) is 0 Å². The van der Waals surface area contributed by atoms with Gasteiger partial charge in [0.05, 0.1) is 11.6 Å². The summed E-state index contributed by atoms with van der Waals surface area (Å²) in [5, 5.41) is 20.7. The Balaban J connectivity index is 2.08. The number of aliphatic hydroxyl groups excluding tert-OH is 1. The van der Waals surface area contributed by atoms with Crippen molar-refractivity contribution >= 4 is 46.6 Å². The number of amides is 1. The molecule has 1 aliphatic heterocycles. The second-order valence-corrected chi connectivity index (χ2v) is 7.42. The first-order valence-electron chi connectivity index (χ1n) is 8.81. The molecule has 0 spiro atoms. The second kappa shape index (κ2) is 8.68. The van der Waals surface area contributed by atoms with Crippen molar-refractivity contribution in [3.8, 4) is 0 Å². The van der Waals surface area contributed by atoms with Crippen LogP contribution in [0.2, 0.25) is 10.0 Å². The summed E-state index contributed by atoms with van der Waals surface area (Å²) in [6.07, 6.45) is 0.0287. The van der Waals surface area contributed by atoms with E-state index in [9.17, 15) is 19.5 Å². The number of ketones is 1. The van der Waals surface area contributed by atoms with Gasteiger partial charge < -0.3 is 15.1 Å². The van der Waals surface area contributed by atoms with Gasteiger partial charge in [0.15, 0.2) is 0 Å². The molecule has 0 bridgehead atoms. The lowest BCUT2D eigenvalue weighted by atomic mass is 9.95. The lowest BCUT2D eigenvalue weighted by Crippen LogP contribution is -2.31. The third-order valence-electron chi connectivity index (χ3n) is 4.63. The molecule has 8 heteroatoms. The summed E-state index contributed by atoms with van der Waals surface area (Å²) in [6.45, 7) is 0.0571. The van der Waals surface area contributed by atoms with Gasteiger partial charge >= 0.3 is 5.97 Å². The normalized spacial score (nSPS) is 18.3. The van der Waals surface area contributed by atoms with Crippen LogP contribution in [0.15, 0.2) is 54.1 Å².